The van der Waals surface area contributed by atoms with Gasteiger partial charge in [-0.2, -0.15) is 0 Å². The predicted molar refractivity (Wildman–Crippen MR) is 247 cm³/mol. The molecule has 0 fully saturated rings. The van der Waals surface area contributed by atoms with Crippen molar-refractivity contribution in [2.24, 2.45) is 4.99 Å². The van der Waals surface area contributed by atoms with Gasteiger partial charge in [0.15, 0.2) is 8.07 Å². The molecule has 3 aliphatic rings. The third-order valence-corrected chi connectivity index (χ3v) is 17.3. The first kappa shape index (κ1) is 30.9. The Labute approximate surface area is 348 Å². The first-order valence-electron chi connectivity index (χ1n) is 21.7. The number of aromatic nitrogens is 3. The zero-order chi connectivity index (χ0) is 41.7. The van der Waals surface area contributed by atoms with Gasteiger partial charge in [0.05, 0.1) is 45.5 Å². The molecule has 2 unspecified atom stereocenters. The van der Waals surface area contributed by atoms with Crippen LogP contribution in [0, 0.1) is 6.85 Å². The largest absolute Gasteiger partial charge is 0.300 e. The highest BCUT2D eigenvalue weighted by molar-refractivity contribution is 7.20. The van der Waals surface area contributed by atoms with E-state index in [1.54, 1.807) is 6.07 Å². The molecule has 282 valence electrons. The second-order valence-corrected chi connectivity index (χ2v) is 19.5. The average molecular weight is 780 g/mol. The smallest absolute Gasteiger partial charge is 0.220 e. The molecule has 4 heterocycles. The van der Waals surface area contributed by atoms with Crippen LogP contribution in [0.5, 0.6) is 0 Å². The van der Waals surface area contributed by atoms with E-state index in [9.17, 15) is 0 Å². The zero-order valence-electron chi connectivity index (χ0n) is 35.3. The Balaban J connectivity index is 1.13. The van der Waals surface area contributed by atoms with Crippen LogP contribution in [0.25, 0.3) is 33.5 Å². The monoisotopic (exact) mass is 779 g/mol. The molecule has 6 nitrogen and oxygen atoms in total. The third-order valence-electron chi connectivity index (χ3n) is 12.5. The van der Waals surface area contributed by atoms with E-state index in [2.05, 4.69) is 190 Å². The molecular weight excluding hydrogens is 737 g/mol. The lowest BCUT2D eigenvalue weighted by Crippen LogP contribution is -2.74. The van der Waals surface area contributed by atoms with Gasteiger partial charge in [0.2, 0.25) is 11.7 Å². The number of benzene rings is 7. The van der Waals surface area contributed by atoms with Crippen LogP contribution in [0.3, 0.4) is 0 Å². The number of imidazole rings is 2. The second-order valence-electron chi connectivity index (χ2n) is 15.7. The normalized spacial score (nSPS) is 18.0. The van der Waals surface area contributed by atoms with E-state index < -0.39 is 14.9 Å². The number of hydrogen-bond acceptors (Lipinski definition) is 4. The Kier molecular flexibility index (Phi) is 6.74. The molecule has 7 aromatic carbocycles. The van der Waals surface area contributed by atoms with Gasteiger partial charge in [0.1, 0.15) is 0 Å². The van der Waals surface area contributed by atoms with Crippen LogP contribution >= 0.6 is 0 Å². The van der Waals surface area contributed by atoms with Gasteiger partial charge in [-0.3, -0.25) is 13.9 Å². The first-order chi connectivity index (χ1) is 30.3. The summed E-state index contributed by atoms with van der Waals surface area (Å²) in [6.07, 6.45) is 6.66. The van der Waals surface area contributed by atoms with E-state index in [-0.39, 0.29) is 17.6 Å². The van der Waals surface area contributed by atoms with Crippen LogP contribution < -0.4 is 30.5 Å². The van der Waals surface area contributed by atoms with E-state index in [1.165, 1.54) is 26.3 Å². The van der Waals surface area contributed by atoms with Gasteiger partial charge in [-0.05, 0) is 100 Å². The quantitative estimate of drug-likeness (QED) is 0.125. The van der Waals surface area contributed by atoms with Crippen molar-refractivity contribution in [3.63, 3.8) is 0 Å². The summed E-state index contributed by atoms with van der Waals surface area (Å²) in [4.78, 5) is 15.4. The fourth-order valence-electron chi connectivity index (χ4n) is 9.97. The summed E-state index contributed by atoms with van der Waals surface area (Å²) in [7, 11) is -3.12. The number of fused-ring (bicyclic) bond motifs is 10. The fourth-order valence-corrected chi connectivity index (χ4v) is 14.7. The number of para-hydroxylation sites is 4. The standard InChI is InChI=1S/C52H40N6Si/c1-35-17-14-29-46-49(35)54-52-56(43-27-12-13-28-44(43)57(46)52)38-21-16-26-41(33-38)59(39-22-8-4-9-23-39,40-24-10-5-11-25-40)42-31-32-45-48(34-42)58-47-30-15-18-36(2)50(47)53-51(58)55(45)37-19-6-3-7-20-37/h3-34,47,50H,1-2H3/i1D3. The van der Waals surface area contributed by atoms with E-state index >= 15 is 0 Å². The average Bonchev–Trinajstić information content (AvgIpc) is 4.05. The molecule has 0 bridgehead atoms. The van der Waals surface area contributed by atoms with Gasteiger partial charge in [0.25, 0.3) is 0 Å². The van der Waals surface area contributed by atoms with E-state index in [0.717, 1.165) is 45.3 Å². The summed E-state index contributed by atoms with van der Waals surface area (Å²) in [5.74, 6) is 1.61. The molecular formula is C52H40N6Si. The zero-order valence-corrected chi connectivity index (χ0v) is 33.3. The molecule has 0 amide bonds. The fraction of sp³-hybridized carbons (Fsp3) is 0.0769. The summed E-state index contributed by atoms with van der Waals surface area (Å²) in [6.45, 7) is -0.122. The summed E-state index contributed by atoms with van der Waals surface area (Å²) in [5, 5.41) is 5.00. The van der Waals surface area contributed by atoms with Gasteiger partial charge in [-0.15, -0.1) is 0 Å². The Morgan fingerprint density at radius 1 is 0.593 bits per heavy atom. The van der Waals surface area contributed by atoms with Crippen molar-refractivity contribution in [1.82, 2.24) is 14.0 Å². The van der Waals surface area contributed by atoms with Gasteiger partial charge in [0, 0.05) is 15.5 Å². The topological polar surface area (TPSA) is 41.1 Å². The number of anilines is 3. The highest BCUT2D eigenvalue weighted by atomic mass is 28.3. The Hall–Kier alpha value is -7.22. The maximum absolute atomic E-state index is 8.36. The third kappa shape index (κ3) is 4.79. The van der Waals surface area contributed by atoms with Crippen LogP contribution in [0.1, 0.15) is 16.6 Å². The van der Waals surface area contributed by atoms with Crippen molar-refractivity contribution >= 4 is 79.7 Å². The van der Waals surface area contributed by atoms with Crippen molar-refractivity contribution < 1.29 is 4.11 Å². The van der Waals surface area contributed by atoms with Crippen molar-refractivity contribution in [2.75, 3.05) is 9.80 Å². The van der Waals surface area contributed by atoms with Crippen LogP contribution in [0.2, 0.25) is 0 Å². The molecule has 59 heavy (non-hydrogen) atoms. The van der Waals surface area contributed by atoms with Crippen LogP contribution in [-0.4, -0.2) is 40.1 Å². The molecule has 7 heteroatoms. The van der Waals surface area contributed by atoms with E-state index in [0.29, 0.717) is 11.3 Å². The predicted octanol–water partition coefficient (Wildman–Crippen LogP) is 8.70. The molecule has 9 aromatic rings. The van der Waals surface area contributed by atoms with Gasteiger partial charge in [-0.1, -0.05) is 140 Å². The number of hydrogen-bond donors (Lipinski definition) is 0. The Morgan fingerprint density at radius 3 is 2.00 bits per heavy atom. The van der Waals surface area contributed by atoms with Gasteiger partial charge < -0.3 is 4.90 Å². The van der Waals surface area contributed by atoms with E-state index in [1.807, 2.05) is 24.3 Å². The minimum Gasteiger partial charge on any atom is -0.300 e. The minimum absolute atomic E-state index is 0.0309. The Bertz CT molecular complexity index is 3290. The highest BCUT2D eigenvalue weighted by Gasteiger charge is 2.48. The number of allylic oxidation sites excluding steroid dienone is 2. The SMILES string of the molecule is [2H]C([2H])([2H])c1cccc2c1nc1n(-c3cccc([Si](c4ccccc4)(c4ccccc4)c4ccc5c(c4)N4C(=NC6C(C)=CC=CC64)N5c4ccccc4)c3)c3ccccc3n21. The molecule has 0 saturated heterocycles. The molecule has 0 N–H and O–H groups in total. The lowest BCUT2D eigenvalue weighted by Gasteiger charge is -2.35. The van der Waals surface area contributed by atoms with Crippen molar-refractivity contribution in [2.45, 2.75) is 25.9 Å². The second kappa shape index (κ2) is 12.9. The molecule has 0 radical (unpaired) electrons. The summed E-state index contributed by atoms with van der Waals surface area (Å²) in [5.41, 5.74) is 8.99. The molecule has 1 aliphatic carbocycles. The lowest BCUT2D eigenvalue weighted by molar-refractivity contribution is 0.705. The molecule has 2 atom stereocenters. The number of guanidine groups is 1. The van der Waals surface area contributed by atoms with Crippen molar-refractivity contribution in [1.29, 1.82) is 0 Å². The van der Waals surface area contributed by atoms with Gasteiger partial charge >= 0.3 is 0 Å². The molecule has 2 aliphatic heterocycles. The molecule has 12 rings (SSSR count). The first-order valence-corrected chi connectivity index (χ1v) is 22.2. The molecule has 0 saturated carbocycles. The summed E-state index contributed by atoms with van der Waals surface area (Å²) >= 11 is 0. The number of rotatable bonds is 6. The maximum atomic E-state index is 8.36. The highest BCUT2D eigenvalue weighted by Crippen LogP contribution is 2.47. The molecule has 2 aromatic heterocycles. The number of aliphatic imine (C=N–C) groups is 1. The van der Waals surface area contributed by atoms with Crippen LogP contribution in [0.4, 0.5) is 17.1 Å². The van der Waals surface area contributed by atoms with Crippen LogP contribution in [-0.2, 0) is 0 Å². The van der Waals surface area contributed by atoms with Crippen LogP contribution in [0.15, 0.2) is 205 Å². The number of aryl methyl sites for hydroxylation is 1. The summed E-state index contributed by atoms with van der Waals surface area (Å²) in [6, 6.07) is 62.5. The van der Waals surface area contributed by atoms with E-state index in [4.69, 9.17) is 14.1 Å². The lowest BCUT2D eigenvalue weighted by atomic mass is 9.96. The van der Waals surface area contributed by atoms with Crippen molar-refractivity contribution in [3.05, 3.63) is 205 Å². The Morgan fingerprint density at radius 2 is 1.24 bits per heavy atom. The van der Waals surface area contributed by atoms with Crippen molar-refractivity contribution in [3.8, 4) is 5.69 Å². The number of nitrogens with zero attached hydrogens (tertiary/aromatic N) is 6. The van der Waals surface area contributed by atoms with Gasteiger partial charge in [-0.25, -0.2) is 9.98 Å². The molecule has 0 spiro atoms. The minimum atomic E-state index is -3.12. The maximum Gasteiger partial charge on any atom is 0.220 e. The summed E-state index contributed by atoms with van der Waals surface area (Å²) < 4.78 is 29.4.